The first-order chi connectivity index (χ1) is 10.5. The van der Waals surface area contributed by atoms with Crippen molar-refractivity contribution in [3.05, 3.63) is 53.6 Å². The smallest absolute Gasteiger partial charge is 0.244 e. The molecule has 2 aromatic carbocycles. The molecular weight excluding hydrogens is 294 g/mol. The number of fused-ring (bicyclic) bond motifs is 1. The first-order valence-electron chi connectivity index (χ1n) is 7.09. The first kappa shape index (κ1) is 14.5. The van der Waals surface area contributed by atoms with E-state index in [0.29, 0.717) is 5.11 Å². The second-order valence-corrected chi connectivity index (χ2v) is 5.77. The van der Waals surface area contributed by atoms with Gasteiger partial charge in [-0.15, -0.1) is 0 Å². The maximum atomic E-state index is 11.9. The Balaban J connectivity index is 1.86. The highest BCUT2D eigenvalue weighted by Gasteiger charge is 2.24. The molecule has 0 radical (unpaired) electrons. The SMILES string of the molecule is Cc1ccc(NC(=S)N2CC(=O)Nc3ccccc32)cc1C. The Morgan fingerprint density at radius 1 is 1.18 bits per heavy atom. The van der Waals surface area contributed by atoms with Crippen LogP contribution >= 0.6 is 12.2 Å². The minimum absolute atomic E-state index is 0.0667. The summed E-state index contributed by atoms with van der Waals surface area (Å²) in [5.41, 5.74) is 5.05. The number of nitrogens with zero attached hydrogens (tertiary/aromatic N) is 1. The number of rotatable bonds is 1. The molecule has 0 fully saturated rings. The Hall–Kier alpha value is -2.40. The summed E-state index contributed by atoms with van der Waals surface area (Å²) in [5.74, 6) is -0.0667. The largest absolute Gasteiger partial charge is 0.332 e. The molecule has 2 N–H and O–H groups in total. The van der Waals surface area contributed by atoms with E-state index in [4.69, 9.17) is 12.2 Å². The van der Waals surface area contributed by atoms with Crippen molar-refractivity contribution in [3.63, 3.8) is 0 Å². The van der Waals surface area contributed by atoms with Gasteiger partial charge in [-0.2, -0.15) is 0 Å². The van der Waals surface area contributed by atoms with E-state index >= 15 is 0 Å². The van der Waals surface area contributed by atoms with Gasteiger partial charge in [0.1, 0.15) is 6.54 Å². The van der Waals surface area contributed by atoms with Crippen molar-refractivity contribution in [1.82, 2.24) is 0 Å². The van der Waals surface area contributed by atoms with Gasteiger partial charge in [-0.05, 0) is 61.5 Å². The van der Waals surface area contributed by atoms with Crippen LogP contribution in [0.15, 0.2) is 42.5 Å². The number of benzene rings is 2. The molecule has 0 atom stereocenters. The number of nitrogens with one attached hydrogen (secondary N) is 2. The molecule has 1 aliphatic rings. The first-order valence-corrected chi connectivity index (χ1v) is 7.50. The third-order valence-electron chi connectivity index (χ3n) is 3.77. The van der Waals surface area contributed by atoms with E-state index in [0.717, 1.165) is 17.1 Å². The number of hydrogen-bond acceptors (Lipinski definition) is 2. The number of hydrogen-bond donors (Lipinski definition) is 2. The third kappa shape index (κ3) is 2.80. The van der Waals surface area contributed by atoms with Gasteiger partial charge in [0.2, 0.25) is 5.91 Å². The van der Waals surface area contributed by atoms with Crippen LogP contribution in [0.4, 0.5) is 17.1 Å². The van der Waals surface area contributed by atoms with Crippen LogP contribution in [0.2, 0.25) is 0 Å². The highest BCUT2D eigenvalue weighted by Crippen LogP contribution is 2.29. The second kappa shape index (κ2) is 5.77. The van der Waals surface area contributed by atoms with Crippen molar-refractivity contribution in [2.24, 2.45) is 0 Å². The quantitative estimate of drug-likeness (QED) is 0.792. The van der Waals surface area contributed by atoms with E-state index in [1.54, 1.807) is 0 Å². The molecule has 0 aromatic heterocycles. The summed E-state index contributed by atoms with van der Waals surface area (Å²) in [6.45, 7) is 4.35. The van der Waals surface area contributed by atoms with Gasteiger partial charge in [-0.25, -0.2) is 0 Å². The number of aryl methyl sites for hydroxylation is 2. The van der Waals surface area contributed by atoms with Gasteiger partial charge in [0.25, 0.3) is 0 Å². The van der Waals surface area contributed by atoms with Crippen LogP contribution in [0.25, 0.3) is 0 Å². The molecule has 22 heavy (non-hydrogen) atoms. The maximum absolute atomic E-state index is 11.9. The molecule has 1 aliphatic heterocycles. The lowest BCUT2D eigenvalue weighted by atomic mass is 10.1. The van der Waals surface area contributed by atoms with Crippen LogP contribution in [0, 0.1) is 13.8 Å². The van der Waals surface area contributed by atoms with E-state index in [1.165, 1.54) is 11.1 Å². The molecule has 5 heteroatoms. The van der Waals surface area contributed by atoms with Crippen molar-refractivity contribution in [2.75, 3.05) is 22.1 Å². The second-order valence-electron chi connectivity index (χ2n) is 5.38. The van der Waals surface area contributed by atoms with Crippen molar-refractivity contribution in [1.29, 1.82) is 0 Å². The molecule has 3 rings (SSSR count). The fourth-order valence-corrected chi connectivity index (χ4v) is 2.71. The molecule has 0 unspecified atom stereocenters. The van der Waals surface area contributed by atoms with E-state index < -0.39 is 0 Å². The highest BCUT2D eigenvalue weighted by molar-refractivity contribution is 7.80. The predicted molar refractivity (Wildman–Crippen MR) is 94.6 cm³/mol. The Kier molecular flexibility index (Phi) is 3.81. The molecule has 2 aromatic rings. The Labute approximate surface area is 135 Å². The fraction of sp³-hybridized carbons (Fsp3) is 0.176. The molecule has 112 valence electrons. The average Bonchev–Trinajstić information content (AvgIpc) is 2.50. The zero-order chi connectivity index (χ0) is 15.7. The van der Waals surface area contributed by atoms with Gasteiger partial charge in [0.05, 0.1) is 11.4 Å². The monoisotopic (exact) mass is 311 g/mol. The summed E-state index contributed by atoms with van der Waals surface area (Å²) >= 11 is 5.50. The summed E-state index contributed by atoms with van der Waals surface area (Å²) in [6.07, 6.45) is 0. The molecule has 1 heterocycles. The Morgan fingerprint density at radius 3 is 2.73 bits per heavy atom. The van der Waals surface area contributed by atoms with Gasteiger partial charge in [0, 0.05) is 5.69 Å². The fourth-order valence-electron chi connectivity index (χ4n) is 2.42. The molecule has 1 amide bonds. The molecule has 4 nitrogen and oxygen atoms in total. The lowest BCUT2D eigenvalue weighted by molar-refractivity contribution is -0.115. The molecule has 0 saturated carbocycles. The zero-order valence-corrected chi connectivity index (χ0v) is 13.3. The standard InChI is InChI=1S/C17H17N3OS/c1-11-7-8-13(9-12(11)2)18-17(22)20-10-16(21)19-14-5-3-4-6-15(14)20/h3-9H,10H2,1-2H3,(H,18,22)(H,19,21). The molecule has 0 bridgehead atoms. The van der Waals surface area contributed by atoms with Crippen molar-refractivity contribution < 1.29 is 4.79 Å². The third-order valence-corrected chi connectivity index (χ3v) is 4.10. The number of para-hydroxylation sites is 2. The summed E-state index contributed by atoms with van der Waals surface area (Å²) in [6, 6.07) is 13.7. The molecule has 0 saturated heterocycles. The topological polar surface area (TPSA) is 44.4 Å². The van der Waals surface area contributed by atoms with Crippen molar-refractivity contribution >= 4 is 40.3 Å². The Morgan fingerprint density at radius 2 is 1.95 bits per heavy atom. The van der Waals surface area contributed by atoms with Gasteiger partial charge in [0.15, 0.2) is 5.11 Å². The highest BCUT2D eigenvalue weighted by atomic mass is 32.1. The minimum atomic E-state index is -0.0667. The van der Waals surface area contributed by atoms with Crippen LogP contribution in [-0.2, 0) is 4.79 Å². The van der Waals surface area contributed by atoms with Crippen molar-refractivity contribution in [3.8, 4) is 0 Å². The van der Waals surface area contributed by atoms with Crippen LogP contribution in [-0.4, -0.2) is 17.6 Å². The van der Waals surface area contributed by atoms with Gasteiger partial charge in [-0.1, -0.05) is 18.2 Å². The maximum Gasteiger partial charge on any atom is 0.244 e. The summed E-state index contributed by atoms with van der Waals surface area (Å²) in [4.78, 5) is 13.7. The van der Waals surface area contributed by atoms with E-state index in [9.17, 15) is 4.79 Å². The number of amides is 1. The van der Waals surface area contributed by atoms with E-state index in [1.807, 2.05) is 35.2 Å². The van der Waals surface area contributed by atoms with Crippen LogP contribution in [0.1, 0.15) is 11.1 Å². The van der Waals surface area contributed by atoms with Gasteiger partial charge < -0.3 is 15.5 Å². The normalized spacial score (nSPS) is 13.4. The number of thiocarbonyl (C=S) groups is 1. The minimum Gasteiger partial charge on any atom is -0.332 e. The molecule has 0 spiro atoms. The number of anilines is 3. The molecular formula is C17H17N3OS. The van der Waals surface area contributed by atoms with E-state index in [2.05, 4.69) is 36.6 Å². The van der Waals surface area contributed by atoms with Crippen LogP contribution in [0.5, 0.6) is 0 Å². The lowest BCUT2D eigenvalue weighted by Gasteiger charge is -2.31. The van der Waals surface area contributed by atoms with Crippen LogP contribution in [0.3, 0.4) is 0 Å². The lowest BCUT2D eigenvalue weighted by Crippen LogP contribution is -2.44. The summed E-state index contributed by atoms with van der Waals surface area (Å²) < 4.78 is 0. The van der Waals surface area contributed by atoms with Gasteiger partial charge in [-0.3, -0.25) is 4.79 Å². The van der Waals surface area contributed by atoms with Gasteiger partial charge >= 0.3 is 0 Å². The van der Waals surface area contributed by atoms with Crippen molar-refractivity contribution in [2.45, 2.75) is 13.8 Å². The van der Waals surface area contributed by atoms with E-state index in [-0.39, 0.29) is 12.5 Å². The summed E-state index contributed by atoms with van der Waals surface area (Å²) in [7, 11) is 0. The zero-order valence-electron chi connectivity index (χ0n) is 12.5. The molecule has 0 aliphatic carbocycles. The number of carbonyl (C=O) groups excluding carboxylic acids is 1. The Bertz CT molecular complexity index is 757. The van der Waals surface area contributed by atoms with Crippen LogP contribution < -0.4 is 15.5 Å². The number of carbonyl (C=O) groups is 1. The average molecular weight is 311 g/mol. The summed E-state index contributed by atoms with van der Waals surface area (Å²) in [5, 5.41) is 6.59. The predicted octanol–water partition coefficient (Wildman–Crippen LogP) is 3.46.